The first kappa shape index (κ1) is 42.6. The van der Waals surface area contributed by atoms with Gasteiger partial charge in [0.25, 0.3) is 0 Å². The molecule has 2 heterocycles. The molecule has 0 fully saturated rings. The zero-order valence-corrected chi connectivity index (χ0v) is 37.5. The molecule has 0 spiro atoms. The van der Waals surface area contributed by atoms with Gasteiger partial charge < -0.3 is 9.13 Å². The molecule has 2 aromatic heterocycles. The molecule has 0 aliphatic carbocycles. The number of fused-ring (bicyclic) bond motifs is 6. The summed E-state index contributed by atoms with van der Waals surface area (Å²) in [5.41, 5.74) is 17.1. The Balaban J connectivity index is 1.09. The lowest BCUT2D eigenvalue weighted by molar-refractivity contribution is 1.18. The van der Waals surface area contributed by atoms with Crippen LogP contribution in [0.25, 0.3) is 111 Å². The van der Waals surface area contributed by atoms with E-state index >= 15 is 0 Å². The van der Waals surface area contributed by atoms with Gasteiger partial charge in [0.2, 0.25) is 0 Å². The molecule has 0 atom stereocenters. The molecule has 0 aliphatic rings. The fraction of sp³-hybridized carbons (Fsp3) is 0. The molecule has 0 amide bonds. The molecular weight excluding hydrogens is 824 g/mol. The lowest BCUT2D eigenvalue weighted by Gasteiger charge is -2.19. The van der Waals surface area contributed by atoms with Gasteiger partial charge in [0.05, 0.1) is 11.0 Å². The summed E-state index contributed by atoms with van der Waals surface area (Å²) >= 11 is 0. The van der Waals surface area contributed by atoms with Crippen LogP contribution in [0.1, 0.15) is 0 Å². The smallest absolute Gasteiger partial charge is 0.115 e. The summed E-state index contributed by atoms with van der Waals surface area (Å²) in [6.45, 7) is 0. The van der Waals surface area contributed by atoms with Crippen LogP contribution in [-0.4, -0.2) is 64.1 Å². The van der Waals surface area contributed by atoms with Crippen molar-refractivity contribution in [2.24, 2.45) is 0 Å². The first-order valence-electron chi connectivity index (χ1n) is 22.8. The van der Waals surface area contributed by atoms with Crippen molar-refractivity contribution in [3.8, 4) is 67.0 Å². The van der Waals surface area contributed by atoms with Gasteiger partial charge in [-0.05, 0) is 91.9 Å². The van der Waals surface area contributed by atoms with E-state index in [1.807, 2.05) is 59.2 Å². The van der Waals surface area contributed by atoms with Crippen molar-refractivity contribution < 1.29 is 0 Å². The molecule has 12 aromatic rings. The molecule has 14 radical (unpaired) electrons. The number of aromatic nitrogens is 2. The van der Waals surface area contributed by atoms with Gasteiger partial charge in [0.1, 0.15) is 54.9 Å². The fourth-order valence-corrected chi connectivity index (χ4v) is 10.3. The quantitative estimate of drug-likeness (QED) is 0.145. The Morgan fingerprint density at radius 2 is 0.681 bits per heavy atom. The topological polar surface area (TPSA) is 9.86 Å². The summed E-state index contributed by atoms with van der Waals surface area (Å²) in [6.07, 6.45) is 0. The predicted molar refractivity (Wildman–Crippen MR) is 300 cm³/mol. The molecule has 69 heavy (non-hydrogen) atoms. The fourth-order valence-electron chi connectivity index (χ4n) is 10.3. The monoisotopic (exact) mass is 858 g/mol. The normalized spacial score (nSPS) is 11.6. The molecule has 304 valence electrons. The largest absolute Gasteiger partial charge is 0.311 e. The van der Waals surface area contributed by atoms with Gasteiger partial charge >= 0.3 is 0 Å². The van der Waals surface area contributed by atoms with E-state index < -0.39 is 0 Å². The number of benzene rings is 10. The second-order valence-electron chi connectivity index (χ2n) is 17.6. The Kier molecular flexibility index (Phi) is 10.4. The van der Waals surface area contributed by atoms with Crippen molar-refractivity contribution >= 4 is 137 Å². The highest BCUT2D eigenvalue weighted by Gasteiger charge is 2.25. The summed E-state index contributed by atoms with van der Waals surface area (Å²) in [6, 6.07) is 69.5. The summed E-state index contributed by atoms with van der Waals surface area (Å²) in [5.74, 6) is 0. The highest BCUT2D eigenvalue weighted by atomic mass is 15.0. The van der Waals surface area contributed by atoms with Crippen molar-refractivity contribution in [2.75, 3.05) is 0 Å². The highest BCUT2D eigenvalue weighted by Crippen LogP contribution is 2.41. The van der Waals surface area contributed by atoms with Crippen LogP contribution in [0.5, 0.6) is 0 Å². The molecule has 0 aliphatic heterocycles. The highest BCUT2D eigenvalue weighted by molar-refractivity contribution is 6.69. The summed E-state index contributed by atoms with van der Waals surface area (Å²) < 4.78 is 4.29. The predicted octanol–water partition coefficient (Wildman–Crippen LogP) is 7.77. The summed E-state index contributed by atoms with van der Waals surface area (Å²) in [4.78, 5) is 0. The lowest BCUT2D eigenvalue weighted by atomic mass is 9.64. The molecule has 0 N–H and O–H groups in total. The average Bonchev–Trinajstić information content (AvgIpc) is 3.94. The summed E-state index contributed by atoms with van der Waals surface area (Å²) in [7, 11) is 48.9. The molecule has 10 aromatic carbocycles. The van der Waals surface area contributed by atoms with Gasteiger partial charge in [-0.25, -0.2) is 0 Å². The number of nitrogens with zero attached hydrogens (tertiary/aromatic N) is 2. The van der Waals surface area contributed by atoms with Crippen LogP contribution in [0, 0.1) is 0 Å². The van der Waals surface area contributed by atoms with Crippen LogP contribution in [0.2, 0.25) is 0 Å². The van der Waals surface area contributed by atoms with E-state index in [0.29, 0.717) is 43.8 Å². The second-order valence-corrected chi connectivity index (χ2v) is 17.6. The second kappa shape index (κ2) is 16.8. The number of rotatable bonds is 7. The van der Waals surface area contributed by atoms with Crippen LogP contribution < -0.4 is 38.2 Å². The van der Waals surface area contributed by atoms with Crippen molar-refractivity contribution in [2.45, 2.75) is 0 Å². The van der Waals surface area contributed by atoms with E-state index in [2.05, 4.69) is 150 Å². The Bertz CT molecular complexity index is 3980. The van der Waals surface area contributed by atoms with E-state index in [9.17, 15) is 0 Å². The third-order valence-corrected chi connectivity index (χ3v) is 13.8. The first-order chi connectivity index (χ1) is 33.7. The molecular formula is C60H33B7N2. The van der Waals surface area contributed by atoms with Crippen LogP contribution in [0.4, 0.5) is 0 Å². The van der Waals surface area contributed by atoms with E-state index in [1.165, 1.54) is 5.56 Å². The number of para-hydroxylation sites is 1. The molecule has 12 rings (SSSR count). The van der Waals surface area contributed by atoms with Gasteiger partial charge in [-0.1, -0.05) is 191 Å². The van der Waals surface area contributed by atoms with E-state index in [-0.39, 0.29) is 21.9 Å². The molecule has 0 unspecified atom stereocenters. The Morgan fingerprint density at radius 3 is 1.22 bits per heavy atom. The molecule has 0 bridgehead atoms. The minimum absolute atomic E-state index is 0.173. The van der Waals surface area contributed by atoms with E-state index in [0.717, 1.165) is 77.7 Å². The standard InChI is InChI=1S/C60H33B7N2/c61-51-48(52(62)56(66)59-49(51)50-53(63)54(64)55(65)57(67)60(50)69(59)43-30-25-39(26-31-43)36-15-8-3-9-16-36)41-27-32-47-46(33-41)45-18-10-17-44(40-21-19-37(20-22-40)34-11-4-1-5-12-34)58(45)68(47)42-28-23-38(24-29-42)35-13-6-2-7-14-35/h1-33H. The van der Waals surface area contributed by atoms with Crippen LogP contribution in [0.3, 0.4) is 0 Å². The minimum Gasteiger partial charge on any atom is -0.311 e. The Labute approximate surface area is 410 Å². The average molecular weight is 858 g/mol. The van der Waals surface area contributed by atoms with Gasteiger partial charge in [0.15, 0.2) is 0 Å². The molecule has 2 nitrogen and oxygen atoms in total. The number of hydrogen-bond donors (Lipinski definition) is 0. The maximum absolute atomic E-state index is 7.43. The van der Waals surface area contributed by atoms with Gasteiger partial charge in [-0.3, -0.25) is 0 Å². The van der Waals surface area contributed by atoms with Gasteiger partial charge in [0, 0.05) is 44.1 Å². The zero-order valence-electron chi connectivity index (χ0n) is 37.5. The van der Waals surface area contributed by atoms with Crippen molar-refractivity contribution in [3.63, 3.8) is 0 Å². The maximum Gasteiger partial charge on any atom is 0.115 e. The molecule has 0 saturated heterocycles. The third-order valence-electron chi connectivity index (χ3n) is 13.8. The van der Waals surface area contributed by atoms with Gasteiger partial charge in [-0.2, -0.15) is 0 Å². The lowest BCUT2D eigenvalue weighted by Crippen LogP contribution is -2.48. The SMILES string of the molecule is [B]c1c([B])c([B])c2c(c1[B])c1c([B])c(-c3ccc4c(c3)c3cccc(-c5ccc(-c6ccccc6)cc5)c3n4-c3ccc(-c4ccccc4)cc3)c([B])c([B])c1n2-c1ccc(-c2ccccc2)cc1. The van der Waals surface area contributed by atoms with E-state index in [4.69, 9.17) is 54.9 Å². The number of hydrogen-bond acceptors (Lipinski definition) is 0. The van der Waals surface area contributed by atoms with Crippen LogP contribution in [0.15, 0.2) is 200 Å². The Hall–Kier alpha value is -7.75. The van der Waals surface area contributed by atoms with Crippen LogP contribution >= 0.6 is 0 Å². The summed E-state index contributed by atoms with van der Waals surface area (Å²) in [5, 5.41) is 3.20. The molecule has 0 saturated carbocycles. The first-order valence-corrected chi connectivity index (χ1v) is 22.8. The Morgan fingerprint density at radius 1 is 0.261 bits per heavy atom. The molecule has 9 heteroatoms. The third kappa shape index (κ3) is 6.81. The minimum atomic E-state index is 0.173. The van der Waals surface area contributed by atoms with Crippen molar-refractivity contribution in [1.82, 2.24) is 9.13 Å². The van der Waals surface area contributed by atoms with Crippen molar-refractivity contribution in [3.05, 3.63) is 200 Å². The maximum atomic E-state index is 7.43. The van der Waals surface area contributed by atoms with Crippen molar-refractivity contribution in [1.29, 1.82) is 0 Å². The van der Waals surface area contributed by atoms with Crippen LogP contribution in [-0.2, 0) is 0 Å². The van der Waals surface area contributed by atoms with Gasteiger partial charge in [-0.15, -0.1) is 10.9 Å². The zero-order chi connectivity index (χ0) is 47.1. The van der Waals surface area contributed by atoms with E-state index in [1.54, 1.807) is 0 Å².